The zero-order chi connectivity index (χ0) is 13.1. The molecular weight excluding hydrogens is 244 g/mol. The first-order valence-corrected chi connectivity index (χ1v) is 6.64. The van der Waals surface area contributed by atoms with Crippen LogP contribution in [0.4, 0.5) is 0 Å². The number of hydrazine groups is 1. The van der Waals surface area contributed by atoms with E-state index in [0.29, 0.717) is 0 Å². The number of nitrogens with one attached hydrogen (secondary N) is 1. The molecule has 0 amide bonds. The second kappa shape index (κ2) is 5.52. The average Bonchev–Trinajstić information content (AvgIpc) is 2.77. The Labute approximate surface area is 112 Å². The van der Waals surface area contributed by atoms with E-state index in [1.165, 1.54) is 9.75 Å². The van der Waals surface area contributed by atoms with Crippen LogP contribution in [0.25, 0.3) is 0 Å². The molecule has 0 radical (unpaired) electrons. The third-order valence-electron chi connectivity index (χ3n) is 2.96. The lowest BCUT2D eigenvalue weighted by atomic mass is 10.0. The Morgan fingerprint density at radius 2 is 2.00 bits per heavy atom. The molecule has 18 heavy (non-hydrogen) atoms. The summed E-state index contributed by atoms with van der Waals surface area (Å²) >= 11 is 1.76. The van der Waals surface area contributed by atoms with Crippen molar-refractivity contribution in [3.05, 3.63) is 51.2 Å². The molecule has 0 bridgehead atoms. The number of hydrogen-bond donors (Lipinski definition) is 2. The van der Waals surface area contributed by atoms with Gasteiger partial charge in [-0.15, -0.1) is 11.3 Å². The van der Waals surface area contributed by atoms with E-state index in [0.717, 1.165) is 16.9 Å². The number of rotatable bonds is 4. The van der Waals surface area contributed by atoms with E-state index in [1.807, 2.05) is 19.1 Å². The highest BCUT2D eigenvalue weighted by Gasteiger charge is 2.15. The first-order chi connectivity index (χ1) is 8.65. The molecule has 2 aromatic rings. The Morgan fingerprint density at radius 3 is 2.50 bits per heavy atom. The molecule has 96 valence electrons. The quantitative estimate of drug-likeness (QED) is 0.658. The first-order valence-electron chi connectivity index (χ1n) is 5.82. The summed E-state index contributed by atoms with van der Waals surface area (Å²) in [5, 5.41) is 0. The van der Waals surface area contributed by atoms with Gasteiger partial charge in [-0.1, -0.05) is 12.1 Å². The van der Waals surface area contributed by atoms with Crippen LogP contribution in [0.3, 0.4) is 0 Å². The fraction of sp³-hybridized carbons (Fsp3) is 0.286. The molecule has 0 aliphatic carbocycles. The van der Waals surface area contributed by atoms with Gasteiger partial charge in [-0.05, 0) is 43.2 Å². The molecule has 0 spiro atoms. The van der Waals surface area contributed by atoms with Crippen molar-refractivity contribution in [3.8, 4) is 5.75 Å². The third-order valence-corrected chi connectivity index (χ3v) is 4.03. The maximum absolute atomic E-state index is 5.69. The van der Waals surface area contributed by atoms with Gasteiger partial charge in [-0.3, -0.25) is 5.84 Å². The lowest BCUT2D eigenvalue weighted by Crippen LogP contribution is -2.28. The van der Waals surface area contributed by atoms with Crippen molar-refractivity contribution < 1.29 is 4.74 Å². The summed E-state index contributed by atoms with van der Waals surface area (Å²) in [5.41, 5.74) is 5.15. The molecule has 3 N–H and O–H groups in total. The summed E-state index contributed by atoms with van der Waals surface area (Å²) in [6, 6.07) is 10.4. The molecule has 1 unspecified atom stereocenters. The van der Waals surface area contributed by atoms with Crippen molar-refractivity contribution in [1.82, 2.24) is 5.43 Å². The Morgan fingerprint density at radius 1 is 1.22 bits per heavy atom. The molecule has 0 saturated carbocycles. The van der Waals surface area contributed by atoms with Gasteiger partial charge >= 0.3 is 0 Å². The SMILES string of the molecule is COc1ccc(C(NN)c2ccc(C)s2)cc1C. The molecule has 1 aromatic carbocycles. The van der Waals surface area contributed by atoms with Crippen molar-refractivity contribution in [2.24, 2.45) is 5.84 Å². The highest BCUT2D eigenvalue weighted by molar-refractivity contribution is 7.12. The fourth-order valence-electron chi connectivity index (χ4n) is 2.03. The number of benzene rings is 1. The predicted molar refractivity (Wildman–Crippen MR) is 76.0 cm³/mol. The van der Waals surface area contributed by atoms with Crippen LogP contribution in [0, 0.1) is 13.8 Å². The number of methoxy groups -OCH3 is 1. The minimum absolute atomic E-state index is 0.0355. The largest absolute Gasteiger partial charge is 0.496 e. The van der Waals surface area contributed by atoms with Crippen LogP contribution in [-0.2, 0) is 0 Å². The van der Waals surface area contributed by atoms with E-state index in [2.05, 4.69) is 30.5 Å². The van der Waals surface area contributed by atoms with E-state index in [1.54, 1.807) is 18.4 Å². The minimum Gasteiger partial charge on any atom is -0.496 e. The van der Waals surface area contributed by atoms with E-state index < -0.39 is 0 Å². The van der Waals surface area contributed by atoms with Crippen molar-refractivity contribution in [3.63, 3.8) is 0 Å². The summed E-state index contributed by atoms with van der Waals surface area (Å²) in [6.45, 7) is 4.14. The highest BCUT2D eigenvalue weighted by atomic mass is 32.1. The van der Waals surface area contributed by atoms with E-state index in [4.69, 9.17) is 10.6 Å². The van der Waals surface area contributed by atoms with Crippen LogP contribution in [-0.4, -0.2) is 7.11 Å². The summed E-state index contributed by atoms with van der Waals surface area (Å²) in [6.07, 6.45) is 0. The Kier molecular flexibility index (Phi) is 4.01. The van der Waals surface area contributed by atoms with E-state index >= 15 is 0 Å². The zero-order valence-corrected chi connectivity index (χ0v) is 11.7. The molecule has 2 rings (SSSR count). The summed E-state index contributed by atoms with van der Waals surface area (Å²) in [4.78, 5) is 2.51. The van der Waals surface area contributed by atoms with E-state index in [-0.39, 0.29) is 6.04 Å². The number of ether oxygens (including phenoxy) is 1. The first kappa shape index (κ1) is 13.1. The Hall–Kier alpha value is -1.36. The van der Waals surface area contributed by atoms with Gasteiger partial charge < -0.3 is 4.74 Å². The summed E-state index contributed by atoms with van der Waals surface area (Å²) in [5.74, 6) is 6.59. The predicted octanol–water partition coefficient (Wildman–Crippen LogP) is 2.93. The lowest BCUT2D eigenvalue weighted by Gasteiger charge is -2.16. The molecule has 0 aliphatic rings. The molecule has 4 heteroatoms. The van der Waals surface area contributed by atoms with Crippen LogP contribution in [0.15, 0.2) is 30.3 Å². The highest BCUT2D eigenvalue weighted by Crippen LogP contribution is 2.30. The van der Waals surface area contributed by atoms with Gasteiger partial charge in [-0.25, -0.2) is 5.43 Å². The summed E-state index contributed by atoms with van der Waals surface area (Å²) < 4.78 is 5.27. The van der Waals surface area contributed by atoms with Crippen LogP contribution >= 0.6 is 11.3 Å². The topological polar surface area (TPSA) is 47.3 Å². The monoisotopic (exact) mass is 262 g/mol. The molecule has 1 atom stereocenters. The number of aryl methyl sites for hydroxylation is 2. The molecule has 1 heterocycles. The molecule has 0 aliphatic heterocycles. The van der Waals surface area contributed by atoms with Crippen molar-refractivity contribution >= 4 is 11.3 Å². The number of thiophene rings is 1. The Balaban J connectivity index is 2.36. The second-order valence-corrected chi connectivity index (χ2v) is 5.60. The van der Waals surface area contributed by atoms with Crippen molar-refractivity contribution in [2.45, 2.75) is 19.9 Å². The maximum Gasteiger partial charge on any atom is 0.121 e. The van der Waals surface area contributed by atoms with Crippen molar-refractivity contribution in [2.75, 3.05) is 7.11 Å². The van der Waals surface area contributed by atoms with Gasteiger partial charge in [0.05, 0.1) is 13.2 Å². The van der Waals surface area contributed by atoms with Crippen LogP contribution < -0.4 is 16.0 Å². The van der Waals surface area contributed by atoms with Gasteiger partial charge in [0.1, 0.15) is 5.75 Å². The average molecular weight is 262 g/mol. The maximum atomic E-state index is 5.69. The summed E-state index contributed by atoms with van der Waals surface area (Å²) in [7, 11) is 1.68. The van der Waals surface area contributed by atoms with Crippen LogP contribution in [0.5, 0.6) is 5.75 Å². The third kappa shape index (κ3) is 2.56. The fourth-order valence-corrected chi connectivity index (χ4v) is 3.00. The van der Waals surface area contributed by atoms with Gasteiger partial charge in [0.25, 0.3) is 0 Å². The minimum atomic E-state index is 0.0355. The number of hydrogen-bond acceptors (Lipinski definition) is 4. The van der Waals surface area contributed by atoms with Gasteiger partial charge in [-0.2, -0.15) is 0 Å². The molecule has 1 aromatic heterocycles. The smallest absolute Gasteiger partial charge is 0.121 e. The normalized spacial score (nSPS) is 12.4. The van der Waals surface area contributed by atoms with Crippen molar-refractivity contribution in [1.29, 1.82) is 0 Å². The van der Waals surface area contributed by atoms with E-state index in [9.17, 15) is 0 Å². The van der Waals surface area contributed by atoms with Crippen LogP contribution in [0.1, 0.15) is 26.9 Å². The molecular formula is C14H18N2OS. The van der Waals surface area contributed by atoms with Gasteiger partial charge in [0, 0.05) is 9.75 Å². The van der Waals surface area contributed by atoms with Crippen LogP contribution in [0.2, 0.25) is 0 Å². The van der Waals surface area contributed by atoms with Gasteiger partial charge in [0.2, 0.25) is 0 Å². The number of nitrogens with two attached hydrogens (primary N) is 1. The molecule has 0 saturated heterocycles. The Bertz CT molecular complexity index is 536. The molecule has 3 nitrogen and oxygen atoms in total. The molecule has 0 fully saturated rings. The second-order valence-electron chi connectivity index (χ2n) is 4.28. The lowest BCUT2D eigenvalue weighted by molar-refractivity contribution is 0.411. The standard InChI is InChI=1S/C14H18N2OS/c1-9-8-11(5-6-12(9)17-3)14(16-15)13-7-4-10(2)18-13/h4-8,14,16H,15H2,1-3H3. The zero-order valence-electron chi connectivity index (χ0n) is 10.9. The van der Waals surface area contributed by atoms with Gasteiger partial charge in [0.15, 0.2) is 0 Å².